The number of nitro groups is 1. The van der Waals surface area contributed by atoms with Gasteiger partial charge in [-0.05, 0) is 25.0 Å². The molecule has 0 amide bonds. The van der Waals surface area contributed by atoms with Gasteiger partial charge >= 0.3 is 5.69 Å². The molecule has 0 bridgehead atoms. The summed E-state index contributed by atoms with van der Waals surface area (Å²) in [5.74, 6) is -0.828. The zero-order valence-corrected chi connectivity index (χ0v) is 7.27. The quantitative estimate of drug-likeness (QED) is 0.573. The largest absolute Gasteiger partial charge is 0.483 e. The number of rotatable bonds is 3. The molecule has 0 saturated heterocycles. The van der Waals surface area contributed by atoms with Gasteiger partial charge in [-0.1, -0.05) is 13.5 Å². The van der Waals surface area contributed by atoms with E-state index in [4.69, 9.17) is 4.74 Å². The standard InChI is InChI=1S/C9H8FNO3.CH4/c10-7-2-1-3-8(9(7)11(12)13)14-6-4-5-6;/h1-3,6H,4-5H2;1H4. The van der Waals surface area contributed by atoms with Crippen LogP contribution in [0, 0.1) is 15.9 Å². The molecule has 0 heterocycles. The highest BCUT2D eigenvalue weighted by Crippen LogP contribution is 2.34. The van der Waals surface area contributed by atoms with Gasteiger partial charge in [0.05, 0.1) is 11.0 Å². The fraction of sp³-hybridized carbons (Fsp3) is 0.400. The number of para-hydroxylation sites is 1. The maximum Gasteiger partial charge on any atom is 0.346 e. The topological polar surface area (TPSA) is 52.4 Å². The van der Waals surface area contributed by atoms with Crippen molar-refractivity contribution < 1.29 is 14.1 Å². The summed E-state index contributed by atoms with van der Waals surface area (Å²) >= 11 is 0. The van der Waals surface area contributed by atoms with Gasteiger partial charge in [0.25, 0.3) is 0 Å². The molecule has 0 spiro atoms. The highest BCUT2D eigenvalue weighted by Gasteiger charge is 2.29. The molecule has 0 aliphatic heterocycles. The predicted octanol–water partition coefficient (Wildman–Crippen LogP) is 2.91. The van der Waals surface area contributed by atoms with Crippen LogP contribution in [0.1, 0.15) is 20.3 Å². The Bertz CT molecular complexity index is 377. The third-order valence-corrected chi connectivity index (χ3v) is 1.95. The molecule has 1 saturated carbocycles. The summed E-state index contributed by atoms with van der Waals surface area (Å²) in [6, 6.07) is 3.87. The first-order valence-corrected chi connectivity index (χ1v) is 4.28. The Morgan fingerprint density at radius 2 is 2.13 bits per heavy atom. The molecular formula is C10H12FNO3. The summed E-state index contributed by atoms with van der Waals surface area (Å²) in [5, 5.41) is 10.5. The van der Waals surface area contributed by atoms with Crippen molar-refractivity contribution in [3.8, 4) is 5.75 Å². The van der Waals surface area contributed by atoms with Crippen LogP contribution in [0.3, 0.4) is 0 Å². The van der Waals surface area contributed by atoms with Gasteiger partial charge < -0.3 is 4.74 Å². The molecule has 2 rings (SSSR count). The average molecular weight is 213 g/mol. The molecule has 1 aliphatic rings. The van der Waals surface area contributed by atoms with E-state index in [9.17, 15) is 14.5 Å². The van der Waals surface area contributed by atoms with Crippen molar-refractivity contribution in [2.75, 3.05) is 0 Å². The number of hydrogen-bond donors (Lipinski definition) is 0. The van der Waals surface area contributed by atoms with Crippen LogP contribution in [0.2, 0.25) is 0 Å². The normalized spacial score (nSPS) is 14.2. The number of nitro benzene ring substituents is 1. The van der Waals surface area contributed by atoms with Gasteiger partial charge in [-0.15, -0.1) is 0 Å². The third-order valence-electron chi connectivity index (χ3n) is 1.95. The van der Waals surface area contributed by atoms with Crippen LogP contribution < -0.4 is 4.74 Å². The van der Waals surface area contributed by atoms with Crippen molar-refractivity contribution >= 4 is 5.69 Å². The minimum atomic E-state index is -0.854. The Kier molecular flexibility index (Phi) is 3.24. The number of ether oxygens (including phenoxy) is 1. The first-order chi connectivity index (χ1) is 6.68. The Balaban J connectivity index is 0.00000112. The van der Waals surface area contributed by atoms with Gasteiger partial charge in [-0.3, -0.25) is 10.1 Å². The van der Waals surface area contributed by atoms with Crippen LogP contribution >= 0.6 is 0 Å². The van der Waals surface area contributed by atoms with Crippen LogP contribution in [0.25, 0.3) is 0 Å². The lowest BCUT2D eigenvalue weighted by Crippen LogP contribution is -2.01. The van der Waals surface area contributed by atoms with Crippen molar-refractivity contribution in [2.24, 2.45) is 0 Å². The van der Waals surface area contributed by atoms with E-state index in [2.05, 4.69) is 0 Å². The molecule has 5 heteroatoms. The van der Waals surface area contributed by atoms with Crippen molar-refractivity contribution in [2.45, 2.75) is 26.4 Å². The number of halogens is 1. The molecule has 1 aromatic carbocycles. The molecule has 1 aromatic rings. The molecule has 0 aromatic heterocycles. The molecule has 1 fully saturated rings. The molecule has 0 unspecified atom stereocenters. The number of hydrogen-bond acceptors (Lipinski definition) is 3. The molecule has 4 nitrogen and oxygen atoms in total. The van der Waals surface area contributed by atoms with Gasteiger partial charge in [0.15, 0.2) is 0 Å². The summed E-state index contributed by atoms with van der Waals surface area (Å²) in [7, 11) is 0. The first kappa shape index (κ1) is 11.4. The first-order valence-electron chi connectivity index (χ1n) is 4.28. The summed E-state index contributed by atoms with van der Waals surface area (Å²) < 4.78 is 18.3. The van der Waals surface area contributed by atoms with Crippen molar-refractivity contribution in [3.05, 3.63) is 34.1 Å². The van der Waals surface area contributed by atoms with E-state index in [1.165, 1.54) is 12.1 Å². The Morgan fingerprint density at radius 1 is 1.47 bits per heavy atom. The zero-order valence-electron chi connectivity index (χ0n) is 7.27. The molecule has 1 aliphatic carbocycles. The van der Waals surface area contributed by atoms with Crippen LogP contribution in [0.15, 0.2) is 18.2 Å². The van der Waals surface area contributed by atoms with Gasteiger partial charge in [0, 0.05) is 0 Å². The molecule has 82 valence electrons. The summed E-state index contributed by atoms with van der Waals surface area (Å²) in [6.45, 7) is 0. The van der Waals surface area contributed by atoms with E-state index >= 15 is 0 Å². The predicted molar refractivity (Wildman–Crippen MR) is 53.4 cm³/mol. The van der Waals surface area contributed by atoms with Gasteiger partial charge in [0.1, 0.15) is 0 Å². The van der Waals surface area contributed by atoms with Crippen molar-refractivity contribution in [1.29, 1.82) is 0 Å². The second-order valence-electron chi connectivity index (χ2n) is 3.16. The number of nitrogens with zero attached hydrogens (tertiary/aromatic N) is 1. The lowest BCUT2D eigenvalue weighted by molar-refractivity contribution is -0.388. The van der Waals surface area contributed by atoms with E-state index in [-0.39, 0.29) is 19.3 Å². The minimum absolute atomic E-state index is 0. The Hall–Kier alpha value is -1.65. The smallest absolute Gasteiger partial charge is 0.346 e. The van der Waals surface area contributed by atoms with Gasteiger partial charge in [-0.2, -0.15) is 4.39 Å². The van der Waals surface area contributed by atoms with Crippen LogP contribution in [-0.2, 0) is 0 Å². The van der Waals surface area contributed by atoms with E-state index in [1.54, 1.807) is 0 Å². The fourth-order valence-electron chi connectivity index (χ4n) is 1.13. The molecule has 15 heavy (non-hydrogen) atoms. The average Bonchev–Trinajstić information content (AvgIpc) is 2.87. The molecular weight excluding hydrogens is 201 g/mol. The lowest BCUT2D eigenvalue weighted by atomic mass is 10.3. The SMILES string of the molecule is C.O=[N+]([O-])c1c(F)cccc1OC1CC1. The fourth-order valence-corrected chi connectivity index (χ4v) is 1.13. The van der Waals surface area contributed by atoms with Crippen LogP contribution in [-0.4, -0.2) is 11.0 Å². The maximum atomic E-state index is 13.1. The van der Waals surface area contributed by atoms with E-state index in [1.807, 2.05) is 0 Å². The lowest BCUT2D eigenvalue weighted by Gasteiger charge is -2.04. The highest BCUT2D eigenvalue weighted by molar-refractivity contribution is 5.47. The second kappa shape index (κ2) is 4.25. The zero-order chi connectivity index (χ0) is 10.1. The molecule has 0 atom stereocenters. The maximum absolute atomic E-state index is 13.1. The summed E-state index contributed by atoms with van der Waals surface area (Å²) in [5.41, 5.74) is -0.570. The third kappa shape index (κ3) is 2.43. The summed E-state index contributed by atoms with van der Waals surface area (Å²) in [6.07, 6.45) is 1.79. The van der Waals surface area contributed by atoms with Crippen molar-refractivity contribution in [1.82, 2.24) is 0 Å². The monoisotopic (exact) mass is 213 g/mol. The van der Waals surface area contributed by atoms with Gasteiger partial charge in [0.2, 0.25) is 11.6 Å². The van der Waals surface area contributed by atoms with Gasteiger partial charge in [-0.25, -0.2) is 0 Å². The van der Waals surface area contributed by atoms with E-state index in [0.717, 1.165) is 18.9 Å². The molecule has 0 N–H and O–H groups in total. The van der Waals surface area contributed by atoms with Crippen LogP contribution in [0.5, 0.6) is 5.75 Å². The van der Waals surface area contributed by atoms with Crippen LogP contribution in [0.4, 0.5) is 10.1 Å². The number of benzene rings is 1. The van der Waals surface area contributed by atoms with E-state index < -0.39 is 16.4 Å². The summed E-state index contributed by atoms with van der Waals surface area (Å²) in [4.78, 5) is 9.77. The minimum Gasteiger partial charge on any atom is -0.483 e. The second-order valence-corrected chi connectivity index (χ2v) is 3.16. The van der Waals surface area contributed by atoms with Crippen molar-refractivity contribution in [3.63, 3.8) is 0 Å². The Morgan fingerprint density at radius 3 is 2.67 bits per heavy atom. The highest BCUT2D eigenvalue weighted by atomic mass is 19.1. The van der Waals surface area contributed by atoms with E-state index in [0.29, 0.717) is 0 Å². The Labute approximate surface area is 86.8 Å². The molecule has 0 radical (unpaired) electrons.